The number of rotatable bonds is 4. The van der Waals surface area contributed by atoms with Gasteiger partial charge in [-0.3, -0.25) is 0 Å². The third-order valence-corrected chi connectivity index (χ3v) is 3.97. The Bertz CT molecular complexity index is 344. The fourth-order valence-corrected chi connectivity index (χ4v) is 2.49. The molecule has 23 heavy (non-hydrogen) atoms. The lowest BCUT2D eigenvalue weighted by atomic mass is 9.98. The van der Waals surface area contributed by atoms with Gasteiger partial charge in [-0.1, -0.05) is 0 Å². The summed E-state index contributed by atoms with van der Waals surface area (Å²) in [6.45, 7) is -1.33. The van der Waals surface area contributed by atoms with Crippen LogP contribution in [0.15, 0.2) is 0 Å². The standard InChI is InChI=1S/C12H22O11/c13-1-3-5(15)7(17)9(19)11(21-3)23-12-10(20)8(18)6(16)4(2-14)22-12/h3-20H,1-2H2/t3?,4?,5-,6+,7-,8?,9?,10?,11-,12+/m1/s1. The van der Waals surface area contributed by atoms with E-state index in [0.717, 1.165) is 0 Å². The first-order valence-corrected chi connectivity index (χ1v) is 7.08. The molecule has 0 aromatic rings. The van der Waals surface area contributed by atoms with Crippen LogP contribution in [-0.2, 0) is 14.2 Å². The van der Waals surface area contributed by atoms with E-state index >= 15 is 0 Å². The number of hydrogen-bond acceptors (Lipinski definition) is 11. The maximum Gasteiger partial charge on any atom is 0.189 e. The van der Waals surface area contributed by atoms with Crippen molar-refractivity contribution in [1.82, 2.24) is 0 Å². The Balaban J connectivity index is 2.07. The van der Waals surface area contributed by atoms with Crippen LogP contribution >= 0.6 is 0 Å². The Morgan fingerprint density at radius 3 is 1.22 bits per heavy atom. The second kappa shape index (κ2) is 7.63. The van der Waals surface area contributed by atoms with Gasteiger partial charge in [-0.15, -0.1) is 0 Å². The van der Waals surface area contributed by atoms with Crippen LogP contribution in [0.2, 0.25) is 0 Å². The van der Waals surface area contributed by atoms with Gasteiger partial charge in [0.15, 0.2) is 12.6 Å². The van der Waals surface area contributed by atoms with Gasteiger partial charge in [-0.25, -0.2) is 0 Å². The second-order valence-electron chi connectivity index (χ2n) is 5.53. The molecule has 0 aromatic heterocycles. The monoisotopic (exact) mass is 342 g/mol. The molecule has 11 heteroatoms. The van der Waals surface area contributed by atoms with Crippen LogP contribution in [-0.4, -0.2) is 115 Å². The average molecular weight is 342 g/mol. The predicted octanol–water partition coefficient (Wildman–Crippen LogP) is -5.40. The SMILES string of the molecule is OCC1O[C@@H](O[C@H]2OC(CO)[C@@H](O)[C@@H](O)C2O)C(O)C(O)[C@H]1O. The molecule has 0 aliphatic carbocycles. The average Bonchev–Trinajstić information content (AvgIpc) is 2.55. The van der Waals surface area contributed by atoms with Crippen molar-refractivity contribution in [2.45, 2.75) is 61.4 Å². The highest BCUT2D eigenvalue weighted by Crippen LogP contribution is 2.27. The molecule has 5 unspecified atom stereocenters. The van der Waals surface area contributed by atoms with Crippen LogP contribution in [0.25, 0.3) is 0 Å². The zero-order valence-corrected chi connectivity index (χ0v) is 12.0. The molecule has 8 N–H and O–H groups in total. The minimum atomic E-state index is -1.72. The van der Waals surface area contributed by atoms with Gasteiger partial charge in [0, 0.05) is 0 Å². The summed E-state index contributed by atoms with van der Waals surface area (Å²) in [6.07, 6.45) is -15.6. The summed E-state index contributed by atoms with van der Waals surface area (Å²) in [6, 6.07) is 0. The van der Waals surface area contributed by atoms with E-state index < -0.39 is 74.6 Å². The van der Waals surface area contributed by atoms with Crippen molar-refractivity contribution < 1.29 is 55.1 Å². The van der Waals surface area contributed by atoms with Crippen LogP contribution < -0.4 is 0 Å². The summed E-state index contributed by atoms with van der Waals surface area (Å²) >= 11 is 0. The molecule has 2 fully saturated rings. The van der Waals surface area contributed by atoms with Gasteiger partial charge in [0.2, 0.25) is 0 Å². The van der Waals surface area contributed by atoms with Gasteiger partial charge in [0.05, 0.1) is 13.2 Å². The topological polar surface area (TPSA) is 190 Å². The number of aliphatic hydroxyl groups is 8. The van der Waals surface area contributed by atoms with Crippen molar-refractivity contribution in [1.29, 1.82) is 0 Å². The zero-order chi connectivity index (χ0) is 17.3. The molecule has 2 rings (SSSR count). The Hall–Kier alpha value is -0.440. The molecule has 0 radical (unpaired) electrons. The van der Waals surface area contributed by atoms with Crippen molar-refractivity contribution in [2.24, 2.45) is 0 Å². The highest BCUT2D eigenvalue weighted by atomic mass is 16.8. The lowest BCUT2D eigenvalue weighted by molar-refractivity contribution is -0.376. The Kier molecular flexibility index (Phi) is 6.27. The third-order valence-electron chi connectivity index (χ3n) is 3.97. The molecule has 2 heterocycles. The predicted molar refractivity (Wildman–Crippen MR) is 68.6 cm³/mol. The summed E-state index contributed by atoms with van der Waals surface area (Å²) < 4.78 is 15.3. The highest BCUT2D eigenvalue weighted by Gasteiger charge is 2.49. The lowest BCUT2D eigenvalue weighted by Crippen LogP contribution is -2.63. The molecule has 2 aliphatic rings. The Morgan fingerprint density at radius 1 is 0.565 bits per heavy atom. The minimum Gasteiger partial charge on any atom is -0.394 e. The van der Waals surface area contributed by atoms with E-state index in [1.54, 1.807) is 0 Å². The lowest BCUT2D eigenvalue weighted by Gasteiger charge is -2.44. The van der Waals surface area contributed by atoms with E-state index in [1.165, 1.54) is 0 Å². The molecule has 0 spiro atoms. The van der Waals surface area contributed by atoms with Crippen LogP contribution in [0.1, 0.15) is 0 Å². The Morgan fingerprint density at radius 2 is 0.913 bits per heavy atom. The largest absolute Gasteiger partial charge is 0.394 e. The van der Waals surface area contributed by atoms with Crippen LogP contribution in [0.5, 0.6) is 0 Å². The van der Waals surface area contributed by atoms with Crippen molar-refractivity contribution >= 4 is 0 Å². The smallest absolute Gasteiger partial charge is 0.189 e. The minimum absolute atomic E-state index is 0.667. The van der Waals surface area contributed by atoms with Gasteiger partial charge >= 0.3 is 0 Å². The molecule has 0 aromatic carbocycles. The summed E-state index contributed by atoms with van der Waals surface area (Å²) in [4.78, 5) is 0. The normalized spacial score (nSPS) is 51.7. The van der Waals surface area contributed by atoms with Gasteiger partial charge in [-0.05, 0) is 0 Å². The summed E-state index contributed by atoms with van der Waals surface area (Å²) in [5.41, 5.74) is 0. The maximum atomic E-state index is 9.84. The first kappa shape index (κ1) is 18.9. The third kappa shape index (κ3) is 3.65. The van der Waals surface area contributed by atoms with E-state index in [-0.39, 0.29) is 0 Å². The first-order chi connectivity index (χ1) is 10.8. The van der Waals surface area contributed by atoms with Gasteiger partial charge in [0.25, 0.3) is 0 Å². The quantitative estimate of drug-likeness (QED) is 0.243. The summed E-state index contributed by atoms with van der Waals surface area (Å²) in [7, 11) is 0. The van der Waals surface area contributed by atoms with Crippen molar-refractivity contribution in [3.05, 3.63) is 0 Å². The van der Waals surface area contributed by atoms with Gasteiger partial charge in [-0.2, -0.15) is 0 Å². The number of aliphatic hydroxyl groups excluding tert-OH is 8. The van der Waals surface area contributed by atoms with E-state index in [2.05, 4.69) is 0 Å². The summed E-state index contributed by atoms with van der Waals surface area (Å²) in [5.74, 6) is 0. The molecule has 136 valence electrons. The summed E-state index contributed by atoms with van der Waals surface area (Å²) in [5, 5.41) is 76.4. The molecule has 2 saturated heterocycles. The van der Waals surface area contributed by atoms with Crippen molar-refractivity contribution in [3.63, 3.8) is 0 Å². The Labute approximate surface area is 130 Å². The first-order valence-electron chi connectivity index (χ1n) is 7.08. The molecular formula is C12H22O11. The van der Waals surface area contributed by atoms with Crippen LogP contribution in [0.3, 0.4) is 0 Å². The fraction of sp³-hybridized carbons (Fsp3) is 1.00. The molecule has 2 aliphatic heterocycles. The van der Waals surface area contributed by atoms with Crippen LogP contribution in [0, 0.1) is 0 Å². The zero-order valence-electron chi connectivity index (χ0n) is 12.0. The van der Waals surface area contributed by atoms with E-state index in [9.17, 15) is 30.6 Å². The van der Waals surface area contributed by atoms with Crippen LogP contribution in [0.4, 0.5) is 0 Å². The van der Waals surface area contributed by atoms with E-state index in [0.29, 0.717) is 0 Å². The van der Waals surface area contributed by atoms with Crippen molar-refractivity contribution in [2.75, 3.05) is 13.2 Å². The van der Waals surface area contributed by atoms with E-state index in [1.807, 2.05) is 0 Å². The fourth-order valence-electron chi connectivity index (χ4n) is 2.49. The molecule has 0 bridgehead atoms. The number of ether oxygens (including phenoxy) is 3. The maximum absolute atomic E-state index is 9.84. The molecule has 10 atom stereocenters. The van der Waals surface area contributed by atoms with Crippen molar-refractivity contribution in [3.8, 4) is 0 Å². The number of hydrogen-bond donors (Lipinski definition) is 8. The molecule has 11 nitrogen and oxygen atoms in total. The molecular weight excluding hydrogens is 320 g/mol. The molecule has 0 amide bonds. The molecule has 0 saturated carbocycles. The van der Waals surface area contributed by atoms with E-state index in [4.69, 9.17) is 24.4 Å². The van der Waals surface area contributed by atoms with Gasteiger partial charge in [0.1, 0.15) is 48.8 Å². The second-order valence-corrected chi connectivity index (χ2v) is 5.53. The highest BCUT2D eigenvalue weighted by molar-refractivity contribution is 4.92. The van der Waals surface area contributed by atoms with Gasteiger partial charge < -0.3 is 55.1 Å².